The Morgan fingerprint density at radius 3 is 2.57 bits per heavy atom. The number of likely N-dealkylation sites (tertiary alicyclic amines) is 1. The van der Waals surface area contributed by atoms with E-state index in [1.807, 2.05) is 18.2 Å². The monoisotopic (exact) mass is 331 g/mol. The Morgan fingerprint density at radius 1 is 1.17 bits per heavy atom. The van der Waals surface area contributed by atoms with Gasteiger partial charge in [0.25, 0.3) is 5.91 Å². The number of hydrogen-bond donors (Lipinski definition) is 0. The fourth-order valence-electron chi connectivity index (χ4n) is 2.81. The fourth-order valence-corrected chi connectivity index (χ4v) is 3.03. The number of carbonyl (C=O) groups is 1. The van der Waals surface area contributed by atoms with Gasteiger partial charge < -0.3 is 4.90 Å². The van der Waals surface area contributed by atoms with E-state index in [-0.39, 0.29) is 17.0 Å². The van der Waals surface area contributed by atoms with E-state index in [1.54, 1.807) is 22.6 Å². The standard InChI is InChI=1S/C17H18ClN3O2/c1-12-11-15(22)16(17(23)20-9-5-2-6-10-20)19-21(12)14-8-4-3-7-13(14)18/h3-4,7-8,11H,2,5-6,9-10H2,1H3. The molecule has 3 rings (SSSR count). The van der Waals surface area contributed by atoms with Crippen LogP contribution in [0, 0.1) is 6.92 Å². The molecule has 120 valence electrons. The summed E-state index contributed by atoms with van der Waals surface area (Å²) in [6, 6.07) is 8.66. The van der Waals surface area contributed by atoms with Crippen molar-refractivity contribution in [1.82, 2.24) is 14.7 Å². The molecule has 0 aliphatic carbocycles. The summed E-state index contributed by atoms with van der Waals surface area (Å²) >= 11 is 6.22. The summed E-state index contributed by atoms with van der Waals surface area (Å²) in [7, 11) is 0. The zero-order valence-electron chi connectivity index (χ0n) is 13.0. The SMILES string of the molecule is Cc1cc(=O)c(C(=O)N2CCCCC2)nn1-c1ccccc1Cl. The van der Waals surface area contributed by atoms with Gasteiger partial charge >= 0.3 is 0 Å². The van der Waals surface area contributed by atoms with E-state index in [4.69, 9.17) is 11.6 Å². The van der Waals surface area contributed by atoms with Crippen LogP contribution in [0.2, 0.25) is 5.02 Å². The van der Waals surface area contributed by atoms with Gasteiger partial charge in [-0.05, 0) is 38.3 Å². The third kappa shape index (κ3) is 3.15. The number of amides is 1. The predicted molar refractivity (Wildman–Crippen MR) is 89.3 cm³/mol. The summed E-state index contributed by atoms with van der Waals surface area (Å²) in [4.78, 5) is 26.6. The van der Waals surface area contributed by atoms with E-state index >= 15 is 0 Å². The first-order chi connectivity index (χ1) is 11.1. The van der Waals surface area contributed by atoms with Crippen molar-refractivity contribution in [2.24, 2.45) is 0 Å². The van der Waals surface area contributed by atoms with E-state index in [0.717, 1.165) is 19.3 Å². The second kappa shape index (κ2) is 6.54. The number of rotatable bonds is 2. The second-order valence-electron chi connectivity index (χ2n) is 5.71. The highest BCUT2D eigenvalue weighted by atomic mass is 35.5. The van der Waals surface area contributed by atoms with Crippen LogP contribution < -0.4 is 5.43 Å². The average Bonchev–Trinajstić information content (AvgIpc) is 2.56. The lowest BCUT2D eigenvalue weighted by atomic mass is 10.1. The van der Waals surface area contributed by atoms with Crippen molar-refractivity contribution in [1.29, 1.82) is 0 Å². The zero-order valence-corrected chi connectivity index (χ0v) is 13.7. The summed E-state index contributed by atoms with van der Waals surface area (Å²) in [6.45, 7) is 3.13. The molecule has 1 aliphatic heterocycles. The van der Waals surface area contributed by atoms with E-state index in [0.29, 0.717) is 29.5 Å². The van der Waals surface area contributed by atoms with E-state index in [1.165, 1.54) is 6.07 Å². The Labute approximate surface area is 139 Å². The number of piperidine rings is 1. The number of aryl methyl sites for hydroxylation is 1. The minimum atomic E-state index is -0.346. The highest BCUT2D eigenvalue weighted by molar-refractivity contribution is 6.32. The summed E-state index contributed by atoms with van der Waals surface area (Å²) in [6.07, 6.45) is 3.06. The predicted octanol–water partition coefficient (Wildman–Crippen LogP) is 2.82. The zero-order chi connectivity index (χ0) is 16.4. The largest absolute Gasteiger partial charge is 0.337 e. The number of carbonyl (C=O) groups excluding carboxylic acids is 1. The molecule has 0 unspecified atom stereocenters. The van der Waals surface area contributed by atoms with Crippen molar-refractivity contribution < 1.29 is 4.79 Å². The van der Waals surface area contributed by atoms with Gasteiger partial charge in [0.2, 0.25) is 5.43 Å². The molecule has 0 saturated carbocycles. The fraction of sp³-hybridized carbons (Fsp3) is 0.353. The summed E-state index contributed by atoms with van der Waals surface area (Å²) in [5, 5.41) is 4.82. The van der Waals surface area contributed by atoms with Crippen LogP contribution in [0.3, 0.4) is 0 Å². The third-order valence-electron chi connectivity index (χ3n) is 4.03. The maximum absolute atomic E-state index is 12.6. The quantitative estimate of drug-likeness (QED) is 0.850. The van der Waals surface area contributed by atoms with Gasteiger partial charge in [-0.2, -0.15) is 5.10 Å². The van der Waals surface area contributed by atoms with Crippen molar-refractivity contribution in [3.05, 3.63) is 57.0 Å². The van der Waals surface area contributed by atoms with E-state index in [2.05, 4.69) is 5.10 Å². The molecule has 1 aromatic heterocycles. The van der Waals surface area contributed by atoms with Gasteiger partial charge in [-0.1, -0.05) is 23.7 Å². The van der Waals surface area contributed by atoms with Crippen LogP contribution in [0.15, 0.2) is 35.1 Å². The van der Waals surface area contributed by atoms with Crippen molar-refractivity contribution >= 4 is 17.5 Å². The van der Waals surface area contributed by atoms with Crippen molar-refractivity contribution in [2.45, 2.75) is 26.2 Å². The Morgan fingerprint density at radius 2 is 1.87 bits per heavy atom. The summed E-state index contributed by atoms with van der Waals surface area (Å²) in [5.41, 5.74) is 0.899. The molecule has 1 saturated heterocycles. The molecule has 2 aromatic rings. The molecule has 0 N–H and O–H groups in total. The van der Waals surface area contributed by atoms with Gasteiger partial charge in [0.15, 0.2) is 5.69 Å². The first-order valence-electron chi connectivity index (χ1n) is 7.73. The Bertz CT molecular complexity index is 795. The van der Waals surface area contributed by atoms with Crippen LogP contribution in [0.4, 0.5) is 0 Å². The Hall–Kier alpha value is -2.14. The number of aromatic nitrogens is 2. The maximum Gasteiger partial charge on any atom is 0.278 e. The molecule has 0 spiro atoms. The van der Waals surface area contributed by atoms with Crippen molar-refractivity contribution in [2.75, 3.05) is 13.1 Å². The van der Waals surface area contributed by atoms with Gasteiger partial charge in [0.1, 0.15) is 0 Å². The Kier molecular flexibility index (Phi) is 4.48. The molecule has 6 heteroatoms. The molecule has 0 atom stereocenters. The number of benzene rings is 1. The molecule has 23 heavy (non-hydrogen) atoms. The molecule has 2 heterocycles. The highest BCUT2D eigenvalue weighted by Crippen LogP contribution is 2.20. The Balaban J connectivity index is 2.05. The van der Waals surface area contributed by atoms with Gasteiger partial charge in [-0.15, -0.1) is 0 Å². The van der Waals surface area contributed by atoms with Crippen molar-refractivity contribution in [3.63, 3.8) is 0 Å². The van der Waals surface area contributed by atoms with Gasteiger partial charge in [-0.25, -0.2) is 4.68 Å². The van der Waals surface area contributed by atoms with Crippen LogP contribution >= 0.6 is 11.6 Å². The first kappa shape index (κ1) is 15.7. The normalized spacial score (nSPS) is 14.8. The first-order valence-corrected chi connectivity index (χ1v) is 8.11. The molecule has 1 aromatic carbocycles. The van der Waals surface area contributed by atoms with Crippen LogP contribution in [0.25, 0.3) is 5.69 Å². The smallest absolute Gasteiger partial charge is 0.278 e. The van der Waals surface area contributed by atoms with Gasteiger partial charge in [-0.3, -0.25) is 9.59 Å². The average molecular weight is 332 g/mol. The molecule has 1 fully saturated rings. The molecular weight excluding hydrogens is 314 g/mol. The van der Waals surface area contributed by atoms with Crippen LogP contribution in [0.1, 0.15) is 35.4 Å². The highest BCUT2D eigenvalue weighted by Gasteiger charge is 2.23. The van der Waals surface area contributed by atoms with Gasteiger partial charge in [0, 0.05) is 24.8 Å². The molecule has 0 bridgehead atoms. The maximum atomic E-state index is 12.6. The summed E-state index contributed by atoms with van der Waals surface area (Å²) in [5.74, 6) is -0.296. The number of nitrogens with zero attached hydrogens (tertiary/aromatic N) is 3. The molecule has 1 amide bonds. The molecule has 0 radical (unpaired) electrons. The van der Waals surface area contributed by atoms with Crippen LogP contribution in [-0.4, -0.2) is 33.7 Å². The minimum Gasteiger partial charge on any atom is -0.337 e. The van der Waals surface area contributed by atoms with E-state index in [9.17, 15) is 9.59 Å². The lowest BCUT2D eigenvalue weighted by Crippen LogP contribution is -2.39. The number of halogens is 1. The third-order valence-corrected chi connectivity index (χ3v) is 4.35. The molecule has 5 nitrogen and oxygen atoms in total. The lowest BCUT2D eigenvalue weighted by Gasteiger charge is -2.26. The van der Waals surface area contributed by atoms with Gasteiger partial charge in [0.05, 0.1) is 10.7 Å². The summed E-state index contributed by atoms with van der Waals surface area (Å²) < 4.78 is 1.56. The lowest BCUT2D eigenvalue weighted by molar-refractivity contribution is 0.0715. The van der Waals surface area contributed by atoms with Crippen LogP contribution in [0.5, 0.6) is 0 Å². The molecule has 1 aliphatic rings. The van der Waals surface area contributed by atoms with E-state index < -0.39 is 0 Å². The number of para-hydroxylation sites is 1. The minimum absolute atomic E-state index is 0.0441. The van der Waals surface area contributed by atoms with Crippen molar-refractivity contribution in [3.8, 4) is 5.69 Å². The second-order valence-corrected chi connectivity index (χ2v) is 6.12. The molecular formula is C17H18ClN3O2. The van der Waals surface area contributed by atoms with Crippen LogP contribution in [-0.2, 0) is 0 Å². The topological polar surface area (TPSA) is 55.2 Å². The number of hydrogen-bond acceptors (Lipinski definition) is 3.